The van der Waals surface area contributed by atoms with Crippen molar-refractivity contribution in [1.29, 1.82) is 0 Å². The summed E-state index contributed by atoms with van der Waals surface area (Å²) < 4.78 is 0. The van der Waals surface area contributed by atoms with Crippen LogP contribution in [0.25, 0.3) is 0 Å². The number of hydrogen-bond donors (Lipinski definition) is 0. The van der Waals surface area contributed by atoms with E-state index in [0.29, 0.717) is 4.83 Å². The second kappa shape index (κ2) is 6.61. The molecule has 17 heavy (non-hydrogen) atoms. The molecular weight excluding hydrogens is 272 g/mol. The summed E-state index contributed by atoms with van der Waals surface area (Å²) in [5.41, 5.74) is 2.81. The number of rotatable bonds is 5. The van der Waals surface area contributed by atoms with E-state index in [1.165, 1.54) is 24.0 Å². The fourth-order valence-corrected chi connectivity index (χ4v) is 2.59. The third-order valence-electron chi connectivity index (χ3n) is 2.93. The van der Waals surface area contributed by atoms with Gasteiger partial charge in [0.25, 0.3) is 0 Å². The van der Waals surface area contributed by atoms with Gasteiger partial charge in [0.15, 0.2) is 0 Å². The molecule has 2 aromatic carbocycles. The summed E-state index contributed by atoms with van der Waals surface area (Å²) in [5, 5.41) is 0. The summed E-state index contributed by atoms with van der Waals surface area (Å²) in [6, 6.07) is 21.3. The minimum absolute atomic E-state index is 0.479. The lowest BCUT2D eigenvalue weighted by atomic mass is 10.0. The van der Waals surface area contributed by atoms with Gasteiger partial charge < -0.3 is 0 Å². The van der Waals surface area contributed by atoms with Crippen LogP contribution in [-0.4, -0.2) is 0 Å². The van der Waals surface area contributed by atoms with Gasteiger partial charge in [-0.15, -0.1) is 0 Å². The monoisotopic (exact) mass is 288 g/mol. The van der Waals surface area contributed by atoms with Crippen LogP contribution in [0.3, 0.4) is 0 Å². The number of halogens is 1. The Morgan fingerprint density at radius 3 is 2.06 bits per heavy atom. The van der Waals surface area contributed by atoms with Gasteiger partial charge in [-0.25, -0.2) is 0 Å². The van der Waals surface area contributed by atoms with E-state index in [9.17, 15) is 0 Å². The maximum Gasteiger partial charge on any atom is 0.0395 e. The highest BCUT2D eigenvalue weighted by atomic mass is 79.9. The molecule has 2 rings (SSSR count). The molecule has 2 aromatic rings. The second-order valence-corrected chi connectivity index (χ2v) is 5.36. The zero-order valence-electron chi connectivity index (χ0n) is 9.85. The Balaban J connectivity index is 1.79. The number of aryl methyl sites for hydroxylation is 1. The van der Waals surface area contributed by atoms with Gasteiger partial charge in [-0.05, 0) is 30.4 Å². The van der Waals surface area contributed by atoms with Gasteiger partial charge in [-0.2, -0.15) is 0 Å². The maximum atomic E-state index is 3.76. The van der Waals surface area contributed by atoms with Crippen LogP contribution in [0.2, 0.25) is 0 Å². The van der Waals surface area contributed by atoms with E-state index in [1.54, 1.807) is 0 Å². The lowest BCUT2D eigenvalue weighted by molar-refractivity contribution is 0.729. The summed E-state index contributed by atoms with van der Waals surface area (Å²) in [6.07, 6.45) is 3.56. The molecule has 0 saturated carbocycles. The molecular formula is C16H17Br. The van der Waals surface area contributed by atoms with Crippen molar-refractivity contribution in [3.63, 3.8) is 0 Å². The Labute approximate surface area is 112 Å². The van der Waals surface area contributed by atoms with E-state index in [-0.39, 0.29) is 0 Å². The maximum absolute atomic E-state index is 3.76. The smallest absolute Gasteiger partial charge is 0.0395 e. The van der Waals surface area contributed by atoms with Gasteiger partial charge >= 0.3 is 0 Å². The molecule has 0 amide bonds. The van der Waals surface area contributed by atoms with Crippen molar-refractivity contribution in [1.82, 2.24) is 0 Å². The molecule has 0 spiro atoms. The highest BCUT2D eigenvalue weighted by Gasteiger charge is 2.05. The van der Waals surface area contributed by atoms with Crippen molar-refractivity contribution >= 4 is 15.9 Å². The van der Waals surface area contributed by atoms with Crippen molar-refractivity contribution in [2.75, 3.05) is 0 Å². The second-order valence-electron chi connectivity index (χ2n) is 4.26. The van der Waals surface area contributed by atoms with Crippen molar-refractivity contribution in [3.05, 3.63) is 71.8 Å². The molecule has 0 aliphatic carbocycles. The van der Waals surface area contributed by atoms with Crippen LogP contribution >= 0.6 is 15.9 Å². The van der Waals surface area contributed by atoms with Crippen molar-refractivity contribution in [3.8, 4) is 0 Å². The van der Waals surface area contributed by atoms with Crippen molar-refractivity contribution in [2.45, 2.75) is 24.1 Å². The summed E-state index contributed by atoms with van der Waals surface area (Å²) >= 11 is 3.76. The van der Waals surface area contributed by atoms with E-state index in [1.807, 2.05) is 0 Å². The van der Waals surface area contributed by atoms with Crippen LogP contribution in [0.1, 0.15) is 28.8 Å². The van der Waals surface area contributed by atoms with E-state index in [0.717, 1.165) is 6.42 Å². The zero-order valence-corrected chi connectivity index (χ0v) is 11.4. The average molecular weight is 289 g/mol. The predicted octanol–water partition coefficient (Wildman–Crippen LogP) is 5.15. The number of benzene rings is 2. The molecule has 0 N–H and O–H groups in total. The highest BCUT2D eigenvalue weighted by Crippen LogP contribution is 2.27. The quantitative estimate of drug-likeness (QED) is 0.668. The molecule has 0 saturated heterocycles. The lowest BCUT2D eigenvalue weighted by Gasteiger charge is -2.09. The summed E-state index contributed by atoms with van der Waals surface area (Å²) in [6.45, 7) is 0. The van der Waals surface area contributed by atoms with E-state index >= 15 is 0 Å². The van der Waals surface area contributed by atoms with Crippen LogP contribution in [-0.2, 0) is 6.42 Å². The first-order valence-electron chi connectivity index (χ1n) is 6.09. The molecule has 0 aromatic heterocycles. The highest BCUT2D eigenvalue weighted by molar-refractivity contribution is 9.09. The minimum atomic E-state index is 0.479. The van der Waals surface area contributed by atoms with E-state index < -0.39 is 0 Å². The largest absolute Gasteiger partial charge is 0.0839 e. The third kappa shape index (κ3) is 4.01. The average Bonchev–Trinajstić information content (AvgIpc) is 2.41. The zero-order chi connectivity index (χ0) is 11.9. The summed E-state index contributed by atoms with van der Waals surface area (Å²) in [4.78, 5) is 0.479. The van der Waals surface area contributed by atoms with Crippen LogP contribution in [0.5, 0.6) is 0 Å². The first-order valence-corrected chi connectivity index (χ1v) is 7.01. The SMILES string of the molecule is BrC(CCCc1ccccc1)c1ccccc1. The predicted molar refractivity (Wildman–Crippen MR) is 77.5 cm³/mol. The molecule has 0 fully saturated rings. The lowest BCUT2D eigenvalue weighted by Crippen LogP contribution is -1.92. The Morgan fingerprint density at radius 2 is 1.41 bits per heavy atom. The standard InChI is InChI=1S/C16H17Br/c17-16(15-11-5-2-6-12-15)13-7-10-14-8-3-1-4-9-14/h1-6,8-9,11-12,16H,7,10,13H2. The number of hydrogen-bond acceptors (Lipinski definition) is 0. The molecule has 0 aliphatic rings. The van der Waals surface area contributed by atoms with Gasteiger partial charge in [-0.3, -0.25) is 0 Å². The van der Waals surface area contributed by atoms with Gasteiger partial charge in [0.05, 0.1) is 0 Å². The molecule has 0 radical (unpaired) electrons. The third-order valence-corrected chi connectivity index (χ3v) is 3.91. The van der Waals surface area contributed by atoms with Crippen LogP contribution < -0.4 is 0 Å². The Hall–Kier alpha value is -1.08. The molecule has 0 nitrogen and oxygen atoms in total. The Morgan fingerprint density at radius 1 is 0.824 bits per heavy atom. The molecule has 0 bridgehead atoms. The van der Waals surface area contributed by atoms with E-state index in [4.69, 9.17) is 0 Å². The van der Waals surface area contributed by atoms with Gasteiger partial charge in [-0.1, -0.05) is 76.6 Å². The topological polar surface area (TPSA) is 0 Å². The molecule has 1 heteroatoms. The van der Waals surface area contributed by atoms with Gasteiger partial charge in [0, 0.05) is 4.83 Å². The molecule has 88 valence electrons. The molecule has 1 atom stereocenters. The fraction of sp³-hybridized carbons (Fsp3) is 0.250. The molecule has 0 heterocycles. The normalized spacial score (nSPS) is 12.3. The summed E-state index contributed by atoms with van der Waals surface area (Å²) in [5.74, 6) is 0. The van der Waals surface area contributed by atoms with Crippen molar-refractivity contribution < 1.29 is 0 Å². The van der Waals surface area contributed by atoms with Crippen LogP contribution in [0, 0.1) is 0 Å². The first-order chi connectivity index (χ1) is 8.36. The van der Waals surface area contributed by atoms with Crippen LogP contribution in [0.4, 0.5) is 0 Å². The Kier molecular flexibility index (Phi) is 4.81. The fourth-order valence-electron chi connectivity index (χ4n) is 1.96. The summed E-state index contributed by atoms with van der Waals surface area (Å²) in [7, 11) is 0. The Bertz CT molecular complexity index is 422. The molecule has 0 aliphatic heterocycles. The van der Waals surface area contributed by atoms with Crippen LogP contribution in [0.15, 0.2) is 60.7 Å². The minimum Gasteiger partial charge on any atom is -0.0839 e. The molecule has 1 unspecified atom stereocenters. The first kappa shape index (κ1) is 12.4. The van der Waals surface area contributed by atoms with Gasteiger partial charge in [0.2, 0.25) is 0 Å². The van der Waals surface area contributed by atoms with Crippen molar-refractivity contribution in [2.24, 2.45) is 0 Å². The van der Waals surface area contributed by atoms with Gasteiger partial charge in [0.1, 0.15) is 0 Å². The van der Waals surface area contributed by atoms with E-state index in [2.05, 4.69) is 76.6 Å². The number of alkyl halides is 1.